The summed E-state index contributed by atoms with van der Waals surface area (Å²) in [6.07, 6.45) is -0.927. The van der Waals surface area contributed by atoms with Crippen molar-refractivity contribution in [1.82, 2.24) is 29.6 Å². The van der Waals surface area contributed by atoms with E-state index in [-0.39, 0.29) is 5.92 Å². The van der Waals surface area contributed by atoms with E-state index < -0.39 is 11.9 Å². The number of nitrogens with one attached hydrogen (secondary N) is 1. The zero-order valence-corrected chi connectivity index (χ0v) is 13.8. The van der Waals surface area contributed by atoms with Crippen LogP contribution in [0.15, 0.2) is 6.20 Å². The minimum Gasteiger partial charge on any atom is -0.338 e. The average molecular weight is 342 g/mol. The number of H-pyrrole nitrogens is 1. The maximum Gasteiger partial charge on any atom is 0.432 e. The van der Waals surface area contributed by atoms with E-state index in [1.807, 2.05) is 18.5 Å². The summed E-state index contributed by atoms with van der Waals surface area (Å²) in [6.45, 7) is 4.24. The first-order valence-electron chi connectivity index (χ1n) is 8.10. The SMILES string of the molecule is CCc1nnc(CN2CCC[C@H](c3ncc(C(F)(F)F)[nH]3)C2)n1C. The molecule has 2 aromatic heterocycles. The minimum atomic E-state index is -4.38. The first-order chi connectivity index (χ1) is 11.4. The summed E-state index contributed by atoms with van der Waals surface area (Å²) in [4.78, 5) is 8.59. The number of aromatic nitrogens is 5. The molecule has 0 spiro atoms. The van der Waals surface area contributed by atoms with E-state index in [1.54, 1.807) is 0 Å². The molecule has 0 unspecified atom stereocenters. The zero-order valence-electron chi connectivity index (χ0n) is 13.8. The molecule has 3 heterocycles. The Morgan fingerprint density at radius 1 is 1.29 bits per heavy atom. The van der Waals surface area contributed by atoms with Gasteiger partial charge in [-0.3, -0.25) is 4.90 Å². The van der Waals surface area contributed by atoms with Gasteiger partial charge < -0.3 is 9.55 Å². The van der Waals surface area contributed by atoms with Gasteiger partial charge >= 0.3 is 6.18 Å². The first kappa shape index (κ1) is 16.9. The number of hydrogen-bond acceptors (Lipinski definition) is 4. The molecule has 0 aromatic carbocycles. The number of rotatable bonds is 4. The molecule has 1 aliphatic heterocycles. The van der Waals surface area contributed by atoms with Crippen LogP contribution in [0.3, 0.4) is 0 Å². The number of aryl methyl sites for hydroxylation is 1. The van der Waals surface area contributed by atoms with Crippen LogP contribution < -0.4 is 0 Å². The zero-order chi connectivity index (χ0) is 17.3. The number of halogens is 3. The van der Waals surface area contributed by atoms with E-state index in [4.69, 9.17) is 0 Å². The molecule has 1 fully saturated rings. The molecule has 1 atom stereocenters. The Morgan fingerprint density at radius 3 is 2.67 bits per heavy atom. The molecule has 2 aromatic rings. The monoisotopic (exact) mass is 342 g/mol. The second-order valence-electron chi connectivity index (χ2n) is 6.20. The standard InChI is InChI=1S/C15H21F3N6/c1-3-12-21-22-13(23(12)2)9-24-6-4-5-10(8-24)14-19-7-11(20-14)15(16,17)18/h7,10H,3-6,8-9H2,1-2H3,(H,19,20)/t10-/m0/s1. The van der Waals surface area contributed by atoms with Gasteiger partial charge in [0.2, 0.25) is 0 Å². The van der Waals surface area contributed by atoms with Gasteiger partial charge in [0.25, 0.3) is 0 Å². The predicted molar refractivity (Wildman–Crippen MR) is 81.2 cm³/mol. The molecule has 0 radical (unpaired) electrons. The van der Waals surface area contributed by atoms with Gasteiger partial charge in [-0.25, -0.2) is 4.98 Å². The topological polar surface area (TPSA) is 62.6 Å². The Labute approximate surface area is 138 Å². The third kappa shape index (κ3) is 3.45. The van der Waals surface area contributed by atoms with Gasteiger partial charge in [-0.1, -0.05) is 6.92 Å². The molecule has 9 heteroatoms. The van der Waals surface area contributed by atoms with Crippen molar-refractivity contribution in [3.05, 3.63) is 29.4 Å². The van der Waals surface area contributed by atoms with Crippen molar-refractivity contribution in [2.75, 3.05) is 13.1 Å². The second-order valence-corrected chi connectivity index (χ2v) is 6.20. The van der Waals surface area contributed by atoms with E-state index in [0.717, 1.165) is 43.7 Å². The van der Waals surface area contributed by atoms with E-state index in [2.05, 4.69) is 25.1 Å². The summed E-state index contributed by atoms with van der Waals surface area (Å²) in [5.74, 6) is 2.20. The Balaban J connectivity index is 1.68. The molecule has 132 valence electrons. The van der Waals surface area contributed by atoms with E-state index >= 15 is 0 Å². The van der Waals surface area contributed by atoms with Crippen molar-refractivity contribution >= 4 is 0 Å². The molecule has 0 amide bonds. The number of alkyl halides is 3. The van der Waals surface area contributed by atoms with Crippen LogP contribution in [0, 0.1) is 0 Å². The van der Waals surface area contributed by atoms with Crippen LogP contribution in [0.1, 0.15) is 48.9 Å². The molecule has 6 nitrogen and oxygen atoms in total. The van der Waals surface area contributed by atoms with E-state index in [9.17, 15) is 13.2 Å². The van der Waals surface area contributed by atoms with Crippen molar-refractivity contribution in [2.45, 2.75) is 44.8 Å². The van der Waals surface area contributed by atoms with E-state index in [1.165, 1.54) is 0 Å². The number of nitrogens with zero attached hydrogens (tertiary/aromatic N) is 5. The fraction of sp³-hybridized carbons (Fsp3) is 0.667. The van der Waals surface area contributed by atoms with Gasteiger partial charge in [0.1, 0.15) is 23.2 Å². The van der Waals surface area contributed by atoms with Crippen molar-refractivity contribution in [2.24, 2.45) is 7.05 Å². The van der Waals surface area contributed by atoms with Gasteiger partial charge in [0.05, 0.1) is 12.7 Å². The van der Waals surface area contributed by atoms with Gasteiger partial charge in [0.15, 0.2) is 0 Å². The summed E-state index contributed by atoms with van der Waals surface area (Å²) in [6, 6.07) is 0. The maximum absolute atomic E-state index is 12.7. The largest absolute Gasteiger partial charge is 0.432 e. The Hall–Kier alpha value is -1.90. The molecular weight excluding hydrogens is 321 g/mol. The average Bonchev–Trinajstić information content (AvgIpc) is 3.16. The Morgan fingerprint density at radius 2 is 2.04 bits per heavy atom. The number of imidazole rings is 1. The highest BCUT2D eigenvalue weighted by Gasteiger charge is 2.34. The highest BCUT2D eigenvalue weighted by molar-refractivity contribution is 5.10. The van der Waals surface area contributed by atoms with Gasteiger partial charge in [0, 0.05) is 25.9 Å². The maximum atomic E-state index is 12.7. The quantitative estimate of drug-likeness (QED) is 0.927. The highest BCUT2D eigenvalue weighted by atomic mass is 19.4. The van der Waals surface area contributed by atoms with Crippen LogP contribution in [0.2, 0.25) is 0 Å². The summed E-state index contributed by atoms with van der Waals surface area (Å²) >= 11 is 0. The Bertz CT molecular complexity index is 690. The Kier molecular flexibility index (Phi) is 4.62. The van der Waals surface area contributed by atoms with Crippen LogP contribution in [-0.2, 0) is 26.2 Å². The molecule has 0 bridgehead atoms. The predicted octanol–water partition coefficient (Wildman–Crippen LogP) is 2.50. The first-order valence-corrected chi connectivity index (χ1v) is 8.10. The number of piperidine rings is 1. The number of aromatic amines is 1. The van der Waals surface area contributed by atoms with E-state index in [0.29, 0.717) is 18.9 Å². The molecular formula is C15H21F3N6. The van der Waals surface area contributed by atoms with Crippen LogP contribution in [0.4, 0.5) is 13.2 Å². The van der Waals surface area contributed by atoms with Gasteiger partial charge in [-0.15, -0.1) is 10.2 Å². The highest BCUT2D eigenvalue weighted by Crippen LogP contribution is 2.31. The molecule has 1 N–H and O–H groups in total. The van der Waals surface area contributed by atoms with Crippen LogP contribution in [-0.4, -0.2) is 42.7 Å². The third-order valence-corrected chi connectivity index (χ3v) is 4.53. The fourth-order valence-corrected chi connectivity index (χ4v) is 3.15. The molecule has 0 aliphatic carbocycles. The minimum absolute atomic E-state index is 0.0197. The second kappa shape index (κ2) is 6.54. The smallest absolute Gasteiger partial charge is 0.338 e. The fourth-order valence-electron chi connectivity index (χ4n) is 3.15. The van der Waals surface area contributed by atoms with Crippen LogP contribution >= 0.6 is 0 Å². The summed E-state index contributed by atoms with van der Waals surface area (Å²) in [7, 11) is 1.94. The van der Waals surface area contributed by atoms with Crippen LogP contribution in [0.25, 0.3) is 0 Å². The molecule has 1 saturated heterocycles. The number of likely N-dealkylation sites (tertiary alicyclic amines) is 1. The third-order valence-electron chi connectivity index (χ3n) is 4.53. The lowest BCUT2D eigenvalue weighted by molar-refractivity contribution is -0.141. The lowest BCUT2D eigenvalue weighted by Gasteiger charge is -2.31. The normalized spacial score (nSPS) is 19.8. The lowest BCUT2D eigenvalue weighted by Crippen LogP contribution is -2.35. The molecule has 1 aliphatic rings. The lowest BCUT2D eigenvalue weighted by atomic mass is 9.97. The summed E-state index contributed by atoms with van der Waals surface area (Å²) in [5.41, 5.74) is -0.782. The van der Waals surface area contributed by atoms with Crippen LogP contribution in [0.5, 0.6) is 0 Å². The summed E-state index contributed by atoms with van der Waals surface area (Å²) < 4.78 is 40.1. The molecule has 0 saturated carbocycles. The van der Waals surface area contributed by atoms with Crippen molar-refractivity contribution in [3.8, 4) is 0 Å². The molecule has 3 rings (SSSR count). The number of hydrogen-bond donors (Lipinski definition) is 1. The van der Waals surface area contributed by atoms with Crippen molar-refractivity contribution in [1.29, 1.82) is 0 Å². The summed E-state index contributed by atoms with van der Waals surface area (Å²) in [5, 5.41) is 8.36. The van der Waals surface area contributed by atoms with Gasteiger partial charge in [-0.05, 0) is 19.4 Å². The molecule has 24 heavy (non-hydrogen) atoms. The van der Waals surface area contributed by atoms with Gasteiger partial charge in [-0.2, -0.15) is 13.2 Å². The van der Waals surface area contributed by atoms with Crippen molar-refractivity contribution in [3.63, 3.8) is 0 Å². The van der Waals surface area contributed by atoms with Crippen molar-refractivity contribution < 1.29 is 13.2 Å².